The normalized spacial score (nSPS) is 26.9. The van der Waals surface area contributed by atoms with Gasteiger partial charge in [-0.1, -0.05) is 12.1 Å². The Balaban J connectivity index is 1.31. The Morgan fingerprint density at radius 2 is 1.68 bits per heavy atom. The van der Waals surface area contributed by atoms with Gasteiger partial charge in [0.05, 0.1) is 5.54 Å². The monoisotopic (exact) mass is 535 g/mol. The second kappa shape index (κ2) is 8.34. The molecule has 1 N–H and O–H groups in total. The topological polar surface area (TPSA) is 80.1 Å². The van der Waals surface area contributed by atoms with Gasteiger partial charge in [-0.15, -0.1) is 0 Å². The van der Waals surface area contributed by atoms with Crippen molar-refractivity contribution in [1.29, 1.82) is 0 Å². The van der Waals surface area contributed by atoms with Crippen LogP contribution in [-0.4, -0.2) is 52.3 Å². The molecule has 0 radical (unpaired) electrons. The molecule has 1 saturated heterocycles. The van der Waals surface area contributed by atoms with Crippen molar-refractivity contribution in [2.24, 2.45) is 18.9 Å². The maximum Gasteiger partial charge on any atom is 0.402 e. The third-order valence-electron chi connectivity index (χ3n) is 8.04. The van der Waals surface area contributed by atoms with Crippen LogP contribution in [0.4, 0.5) is 17.6 Å². The van der Waals surface area contributed by atoms with Gasteiger partial charge in [0.25, 0.3) is 10.2 Å². The summed E-state index contributed by atoms with van der Waals surface area (Å²) >= 11 is 0. The lowest BCUT2D eigenvalue weighted by molar-refractivity contribution is -0.136. The first kappa shape index (κ1) is 24.5. The molecule has 2 aliphatic carbocycles. The molecule has 2 fully saturated rings. The summed E-state index contributed by atoms with van der Waals surface area (Å²) in [4.78, 5) is 4.66. The molecule has 1 aliphatic heterocycles. The van der Waals surface area contributed by atoms with Gasteiger partial charge in [0.1, 0.15) is 12.4 Å². The quantitative estimate of drug-likeness (QED) is 0.517. The van der Waals surface area contributed by atoms with Crippen molar-refractivity contribution in [1.82, 2.24) is 23.8 Å². The van der Waals surface area contributed by atoms with Gasteiger partial charge in [0, 0.05) is 24.7 Å². The summed E-state index contributed by atoms with van der Waals surface area (Å²) in [5.41, 5.74) is 2.71. The number of aromatic nitrogens is 3. The van der Waals surface area contributed by atoms with E-state index in [4.69, 9.17) is 0 Å². The van der Waals surface area contributed by atoms with Crippen LogP contribution in [0.2, 0.25) is 0 Å². The van der Waals surface area contributed by atoms with Crippen LogP contribution in [0.3, 0.4) is 0 Å². The molecule has 7 nitrogen and oxygen atoms in total. The standard InChI is InChI=1S/C25H25F4N5O2S/c1-33-23(15-4-8-21(26)9-5-15)30-22(31-33)17-3-2-16-11-19-6-7-20(12-18(16)10-17)24(19)13-34(14-25(27,28)29)37(35,36)32-24/h2-5,8-10,19-20,32H,6-7,11-14H2,1H3/t19-,20?,24+/m0/s1. The van der Waals surface area contributed by atoms with E-state index in [0.29, 0.717) is 28.8 Å². The largest absolute Gasteiger partial charge is 0.402 e. The molecular weight excluding hydrogens is 510 g/mol. The van der Waals surface area contributed by atoms with Gasteiger partial charge in [0.2, 0.25) is 0 Å². The molecule has 0 amide bonds. The van der Waals surface area contributed by atoms with E-state index in [1.807, 2.05) is 18.2 Å². The molecule has 1 saturated carbocycles. The van der Waals surface area contributed by atoms with E-state index < -0.39 is 28.5 Å². The fourth-order valence-electron chi connectivity index (χ4n) is 6.34. The summed E-state index contributed by atoms with van der Waals surface area (Å²) in [6.45, 7) is -1.66. The lowest BCUT2D eigenvalue weighted by Crippen LogP contribution is -2.52. The Kier molecular flexibility index (Phi) is 5.52. The van der Waals surface area contributed by atoms with Crippen molar-refractivity contribution < 1.29 is 26.0 Å². The molecule has 6 rings (SSSR count). The van der Waals surface area contributed by atoms with E-state index >= 15 is 0 Å². The molecule has 3 atom stereocenters. The van der Waals surface area contributed by atoms with E-state index in [0.717, 1.165) is 35.1 Å². The van der Waals surface area contributed by atoms with Crippen molar-refractivity contribution in [3.05, 3.63) is 59.4 Å². The fraction of sp³-hybridized carbons (Fsp3) is 0.440. The average molecular weight is 536 g/mol. The molecule has 3 aromatic rings. The van der Waals surface area contributed by atoms with E-state index in [1.54, 1.807) is 23.9 Å². The molecule has 1 aromatic heterocycles. The second-order valence-electron chi connectivity index (χ2n) is 10.3. The molecule has 12 heteroatoms. The lowest BCUT2D eigenvalue weighted by Gasteiger charge is -2.33. The van der Waals surface area contributed by atoms with Gasteiger partial charge in [0.15, 0.2) is 11.6 Å². The maximum absolute atomic E-state index is 13.3. The molecule has 2 bridgehead atoms. The summed E-state index contributed by atoms with van der Waals surface area (Å²) in [5, 5.41) is 4.54. The van der Waals surface area contributed by atoms with Crippen LogP contribution in [0.25, 0.3) is 22.8 Å². The van der Waals surface area contributed by atoms with E-state index in [1.165, 1.54) is 12.1 Å². The van der Waals surface area contributed by atoms with Crippen molar-refractivity contribution >= 4 is 10.2 Å². The first-order valence-corrected chi connectivity index (χ1v) is 13.5. The van der Waals surface area contributed by atoms with Gasteiger partial charge in [-0.05, 0) is 79.0 Å². The van der Waals surface area contributed by atoms with E-state index in [2.05, 4.69) is 14.8 Å². The van der Waals surface area contributed by atoms with Crippen LogP contribution in [0.15, 0.2) is 42.5 Å². The van der Waals surface area contributed by atoms with Crippen molar-refractivity contribution in [2.75, 3.05) is 13.1 Å². The minimum Gasteiger partial charge on any atom is -0.248 e. The molecule has 1 unspecified atom stereocenters. The molecule has 2 aromatic carbocycles. The number of benzene rings is 2. The Morgan fingerprint density at radius 1 is 1.03 bits per heavy atom. The molecule has 1 spiro atoms. The fourth-order valence-corrected chi connectivity index (χ4v) is 8.05. The SMILES string of the molecule is Cn1nc(-c2ccc3c(c2)CC2CC[C@@H](C3)[C@]23CN(CC(F)(F)F)S(=O)(=O)N3)nc1-c1ccc(F)cc1. The highest BCUT2D eigenvalue weighted by molar-refractivity contribution is 7.87. The molecule has 37 heavy (non-hydrogen) atoms. The maximum atomic E-state index is 13.3. The van der Waals surface area contributed by atoms with Crippen molar-refractivity contribution in [2.45, 2.75) is 37.4 Å². The highest BCUT2D eigenvalue weighted by Crippen LogP contribution is 2.50. The predicted octanol–water partition coefficient (Wildman–Crippen LogP) is 3.86. The van der Waals surface area contributed by atoms with Crippen LogP contribution >= 0.6 is 0 Å². The van der Waals surface area contributed by atoms with Gasteiger partial charge in [-0.2, -0.15) is 35.7 Å². The number of fused-ring (bicyclic) bond motifs is 1. The third kappa shape index (κ3) is 4.24. The Bertz CT molecular complexity index is 1470. The number of aryl methyl sites for hydroxylation is 1. The number of nitrogens with one attached hydrogen (secondary N) is 1. The Hall–Kier alpha value is -2.83. The number of rotatable bonds is 3. The zero-order valence-electron chi connectivity index (χ0n) is 20.0. The number of hydrogen-bond acceptors (Lipinski definition) is 4. The second-order valence-corrected chi connectivity index (χ2v) is 12.0. The zero-order chi connectivity index (χ0) is 26.2. The Morgan fingerprint density at radius 3 is 2.35 bits per heavy atom. The summed E-state index contributed by atoms with van der Waals surface area (Å²) < 4.78 is 82.9. The molecule has 2 heterocycles. The highest BCUT2D eigenvalue weighted by atomic mass is 32.2. The smallest absolute Gasteiger partial charge is 0.248 e. The predicted molar refractivity (Wildman–Crippen MR) is 128 cm³/mol. The molecule has 196 valence electrons. The zero-order valence-corrected chi connectivity index (χ0v) is 20.8. The van der Waals surface area contributed by atoms with Gasteiger partial charge >= 0.3 is 6.18 Å². The average Bonchev–Trinajstić information content (AvgIpc) is 3.38. The van der Waals surface area contributed by atoms with Gasteiger partial charge < -0.3 is 0 Å². The van der Waals surface area contributed by atoms with Crippen molar-refractivity contribution in [3.8, 4) is 22.8 Å². The lowest BCUT2D eigenvalue weighted by atomic mass is 9.79. The number of nitrogens with zero attached hydrogens (tertiary/aromatic N) is 4. The molecular formula is C25H25F4N5O2S. The summed E-state index contributed by atoms with van der Waals surface area (Å²) in [6, 6.07) is 11.9. The highest BCUT2D eigenvalue weighted by Gasteiger charge is 2.60. The van der Waals surface area contributed by atoms with Crippen LogP contribution in [0.1, 0.15) is 24.0 Å². The minimum atomic E-state index is -4.61. The Labute approximate surface area is 211 Å². The number of halogens is 4. The minimum absolute atomic E-state index is 0.0873. The third-order valence-corrected chi connectivity index (χ3v) is 9.61. The van der Waals surface area contributed by atoms with Gasteiger partial charge in [-0.25, -0.2) is 14.1 Å². The number of hydrogen-bond donors (Lipinski definition) is 1. The first-order valence-electron chi connectivity index (χ1n) is 12.1. The van der Waals surface area contributed by atoms with E-state index in [-0.39, 0.29) is 24.2 Å². The van der Waals surface area contributed by atoms with Crippen molar-refractivity contribution in [3.63, 3.8) is 0 Å². The molecule has 3 aliphatic rings. The summed E-state index contributed by atoms with van der Waals surface area (Å²) in [7, 11) is -2.46. The van der Waals surface area contributed by atoms with Gasteiger partial charge in [-0.3, -0.25) is 0 Å². The van der Waals surface area contributed by atoms with E-state index in [9.17, 15) is 26.0 Å². The van der Waals surface area contributed by atoms with Crippen LogP contribution in [-0.2, 0) is 30.1 Å². The number of alkyl halides is 3. The first-order chi connectivity index (χ1) is 17.4. The van der Waals surface area contributed by atoms with Crippen LogP contribution < -0.4 is 4.72 Å². The van der Waals surface area contributed by atoms with Crippen LogP contribution in [0.5, 0.6) is 0 Å². The summed E-state index contributed by atoms with van der Waals surface area (Å²) in [5.74, 6) is 0.555. The summed E-state index contributed by atoms with van der Waals surface area (Å²) in [6.07, 6.45) is -1.96. The van der Waals surface area contributed by atoms with Crippen LogP contribution in [0, 0.1) is 17.7 Å².